The molecule has 2 rings (SSSR count). The van der Waals surface area contributed by atoms with E-state index in [1.54, 1.807) is 10.4 Å². The fourth-order valence-electron chi connectivity index (χ4n) is 1.99. The highest BCUT2D eigenvalue weighted by Gasteiger charge is 2.23. The average molecular weight is 280 g/mol. The Balaban J connectivity index is 1.76. The molecule has 0 aliphatic carbocycles. The van der Waals surface area contributed by atoms with Gasteiger partial charge in [-0.2, -0.15) is 0 Å². The minimum atomic E-state index is -0.203. The van der Waals surface area contributed by atoms with Crippen LogP contribution in [0.1, 0.15) is 26.2 Å². The van der Waals surface area contributed by atoms with Gasteiger partial charge in [0.2, 0.25) is 16.9 Å². The van der Waals surface area contributed by atoms with Gasteiger partial charge in [0.25, 0.3) is 0 Å². The van der Waals surface area contributed by atoms with Crippen molar-refractivity contribution in [2.24, 2.45) is 0 Å². The van der Waals surface area contributed by atoms with Crippen LogP contribution in [0.25, 0.3) is 0 Å². The number of nitrogens with zero attached hydrogens (tertiary/aromatic N) is 3. The zero-order valence-corrected chi connectivity index (χ0v) is 11.5. The lowest BCUT2D eigenvalue weighted by Crippen LogP contribution is -2.36. The Kier molecular flexibility index (Phi) is 4.62. The molecule has 1 aromatic heterocycles. The summed E-state index contributed by atoms with van der Waals surface area (Å²) >= 11 is 1.26. The molecule has 0 spiro atoms. The second-order valence-corrected chi connectivity index (χ2v) is 5.08. The highest BCUT2D eigenvalue weighted by Crippen LogP contribution is 2.15. The summed E-state index contributed by atoms with van der Waals surface area (Å²) < 4.78 is 0. The first-order valence-electron chi connectivity index (χ1n) is 6.23. The van der Waals surface area contributed by atoms with Crippen molar-refractivity contribution in [1.82, 2.24) is 15.1 Å². The predicted octanol–water partition coefficient (Wildman–Crippen LogP) is 1.43. The van der Waals surface area contributed by atoms with Gasteiger partial charge in [-0.15, -0.1) is 10.2 Å². The zero-order valence-electron chi connectivity index (χ0n) is 10.7. The van der Waals surface area contributed by atoms with Gasteiger partial charge >= 0.3 is 0 Å². The third kappa shape index (κ3) is 3.60. The summed E-state index contributed by atoms with van der Waals surface area (Å²) in [4.78, 5) is 25.4. The van der Waals surface area contributed by atoms with Crippen molar-refractivity contribution in [3.05, 3.63) is 17.7 Å². The SMILES string of the molecule is CCC1C=CCN1C(=O)CCC(=O)Nc1nncs1. The van der Waals surface area contributed by atoms with E-state index in [1.807, 2.05) is 19.1 Å². The van der Waals surface area contributed by atoms with Gasteiger partial charge in [-0.1, -0.05) is 30.4 Å². The Bertz CT molecular complexity index is 472. The van der Waals surface area contributed by atoms with Crippen LogP contribution in [0.5, 0.6) is 0 Å². The molecule has 7 heteroatoms. The van der Waals surface area contributed by atoms with Crippen molar-refractivity contribution in [2.75, 3.05) is 11.9 Å². The minimum Gasteiger partial charge on any atom is -0.333 e. The van der Waals surface area contributed by atoms with E-state index in [4.69, 9.17) is 0 Å². The molecule has 2 heterocycles. The summed E-state index contributed by atoms with van der Waals surface area (Å²) in [6, 6.07) is 0.179. The molecular weight excluding hydrogens is 264 g/mol. The van der Waals surface area contributed by atoms with Crippen LogP contribution in [-0.2, 0) is 9.59 Å². The molecule has 2 amide bonds. The molecule has 1 unspecified atom stereocenters. The van der Waals surface area contributed by atoms with E-state index in [-0.39, 0.29) is 30.7 Å². The summed E-state index contributed by atoms with van der Waals surface area (Å²) in [7, 11) is 0. The van der Waals surface area contributed by atoms with Crippen molar-refractivity contribution >= 4 is 28.3 Å². The maximum Gasteiger partial charge on any atom is 0.226 e. The Morgan fingerprint density at radius 1 is 1.53 bits per heavy atom. The molecule has 1 N–H and O–H groups in total. The average Bonchev–Trinajstić information content (AvgIpc) is 3.06. The molecule has 6 nitrogen and oxygen atoms in total. The molecule has 102 valence electrons. The molecule has 0 bridgehead atoms. The van der Waals surface area contributed by atoms with E-state index >= 15 is 0 Å². The van der Waals surface area contributed by atoms with E-state index in [9.17, 15) is 9.59 Å². The first-order chi connectivity index (χ1) is 9.20. The lowest BCUT2D eigenvalue weighted by atomic mass is 10.2. The molecule has 0 aromatic carbocycles. The van der Waals surface area contributed by atoms with Crippen molar-refractivity contribution in [3.63, 3.8) is 0 Å². The van der Waals surface area contributed by atoms with Crippen LogP contribution in [0.4, 0.5) is 5.13 Å². The number of rotatable bonds is 5. The van der Waals surface area contributed by atoms with Crippen molar-refractivity contribution < 1.29 is 9.59 Å². The first-order valence-corrected chi connectivity index (χ1v) is 7.10. The van der Waals surface area contributed by atoms with Crippen LogP contribution in [-0.4, -0.2) is 39.5 Å². The van der Waals surface area contributed by atoms with Crippen LogP contribution >= 0.6 is 11.3 Å². The maximum absolute atomic E-state index is 12.0. The number of amides is 2. The highest BCUT2D eigenvalue weighted by atomic mass is 32.1. The number of nitrogens with one attached hydrogen (secondary N) is 1. The van der Waals surface area contributed by atoms with Crippen molar-refractivity contribution in [2.45, 2.75) is 32.2 Å². The lowest BCUT2D eigenvalue weighted by molar-refractivity contribution is -0.133. The number of carbonyl (C=O) groups is 2. The summed E-state index contributed by atoms with van der Waals surface area (Å²) in [5.74, 6) is -0.186. The van der Waals surface area contributed by atoms with E-state index in [0.29, 0.717) is 11.7 Å². The standard InChI is InChI=1S/C12H16N4O2S/c1-2-9-4-3-7-16(9)11(18)6-5-10(17)14-12-15-13-8-19-12/h3-4,8-9H,2,5-7H2,1H3,(H,14,15,17). The van der Waals surface area contributed by atoms with Crippen LogP contribution < -0.4 is 5.32 Å². The molecule has 0 saturated heterocycles. The first kappa shape index (κ1) is 13.7. The number of carbonyl (C=O) groups excluding carboxylic acids is 2. The van der Waals surface area contributed by atoms with Gasteiger partial charge < -0.3 is 10.2 Å². The van der Waals surface area contributed by atoms with Gasteiger partial charge in [-0.25, -0.2) is 0 Å². The summed E-state index contributed by atoms with van der Waals surface area (Å²) in [5, 5.41) is 10.4. The van der Waals surface area contributed by atoms with Gasteiger partial charge in [0.15, 0.2) is 0 Å². The minimum absolute atomic E-state index is 0.0178. The molecule has 0 fully saturated rings. The second-order valence-electron chi connectivity index (χ2n) is 4.24. The van der Waals surface area contributed by atoms with E-state index in [2.05, 4.69) is 15.5 Å². The van der Waals surface area contributed by atoms with Gasteiger partial charge in [-0.3, -0.25) is 9.59 Å². The number of hydrogen-bond acceptors (Lipinski definition) is 5. The van der Waals surface area contributed by atoms with E-state index < -0.39 is 0 Å². The molecule has 1 aliphatic heterocycles. The Hall–Kier alpha value is -1.76. The Morgan fingerprint density at radius 3 is 3.05 bits per heavy atom. The van der Waals surface area contributed by atoms with Crippen LogP contribution in [0.2, 0.25) is 0 Å². The normalized spacial score (nSPS) is 17.7. The summed E-state index contributed by atoms with van der Waals surface area (Å²) in [6.07, 6.45) is 5.33. The van der Waals surface area contributed by atoms with Gasteiger partial charge in [-0.05, 0) is 6.42 Å². The fourth-order valence-corrected chi connectivity index (χ4v) is 2.45. The number of hydrogen-bond donors (Lipinski definition) is 1. The van der Waals surface area contributed by atoms with Gasteiger partial charge in [0, 0.05) is 19.4 Å². The van der Waals surface area contributed by atoms with E-state index in [1.165, 1.54) is 11.3 Å². The highest BCUT2D eigenvalue weighted by molar-refractivity contribution is 7.13. The van der Waals surface area contributed by atoms with Gasteiger partial charge in [0.1, 0.15) is 5.51 Å². The van der Waals surface area contributed by atoms with Gasteiger partial charge in [0.05, 0.1) is 6.04 Å². The molecular formula is C12H16N4O2S. The smallest absolute Gasteiger partial charge is 0.226 e. The maximum atomic E-state index is 12.0. The van der Waals surface area contributed by atoms with Crippen LogP contribution in [0.15, 0.2) is 17.7 Å². The zero-order chi connectivity index (χ0) is 13.7. The summed E-state index contributed by atoms with van der Waals surface area (Å²) in [5.41, 5.74) is 1.54. The lowest BCUT2D eigenvalue weighted by Gasteiger charge is -2.23. The largest absolute Gasteiger partial charge is 0.333 e. The summed E-state index contributed by atoms with van der Waals surface area (Å²) in [6.45, 7) is 2.69. The molecule has 0 saturated carbocycles. The number of anilines is 1. The molecule has 1 aliphatic rings. The molecule has 1 atom stereocenters. The van der Waals surface area contributed by atoms with Crippen molar-refractivity contribution in [3.8, 4) is 0 Å². The molecule has 1 aromatic rings. The van der Waals surface area contributed by atoms with Crippen LogP contribution in [0.3, 0.4) is 0 Å². The monoisotopic (exact) mass is 280 g/mol. The Morgan fingerprint density at radius 2 is 2.37 bits per heavy atom. The van der Waals surface area contributed by atoms with Crippen LogP contribution in [0, 0.1) is 0 Å². The number of aromatic nitrogens is 2. The predicted molar refractivity (Wildman–Crippen MR) is 72.7 cm³/mol. The van der Waals surface area contributed by atoms with Crippen molar-refractivity contribution in [1.29, 1.82) is 0 Å². The quantitative estimate of drug-likeness (QED) is 0.828. The third-order valence-electron chi connectivity index (χ3n) is 2.97. The van der Waals surface area contributed by atoms with E-state index in [0.717, 1.165) is 6.42 Å². The topological polar surface area (TPSA) is 75.2 Å². The second kappa shape index (κ2) is 6.42. The molecule has 19 heavy (non-hydrogen) atoms. The fraction of sp³-hybridized carbons (Fsp3) is 0.500. The Labute approximate surface area is 115 Å². The molecule has 0 radical (unpaired) electrons. The third-order valence-corrected chi connectivity index (χ3v) is 3.58.